The van der Waals surface area contributed by atoms with E-state index in [1.807, 2.05) is 0 Å². The summed E-state index contributed by atoms with van der Waals surface area (Å²) in [6, 6.07) is 10.7. The van der Waals surface area contributed by atoms with E-state index in [1.165, 1.54) is 22.0 Å². The van der Waals surface area contributed by atoms with E-state index in [9.17, 15) is 0 Å². The second-order valence-electron chi connectivity index (χ2n) is 5.04. The minimum absolute atomic E-state index is 0.527. The number of aromatic nitrogens is 1. The van der Waals surface area contributed by atoms with E-state index in [0.717, 1.165) is 19.5 Å². The molecule has 0 amide bonds. The fourth-order valence-corrected chi connectivity index (χ4v) is 2.80. The quantitative estimate of drug-likeness (QED) is 0.769. The first-order valence-electron chi connectivity index (χ1n) is 6.62. The smallest absolute Gasteiger partial charge is 0.0868 e. The molecule has 1 aromatic carbocycles. The topological polar surface area (TPSA) is 32.0 Å². The lowest BCUT2D eigenvalue weighted by Gasteiger charge is -2.23. The van der Waals surface area contributed by atoms with Crippen LogP contribution in [0.25, 0.3) is 16.5 Å². The van der Waals surface area contributed by atoms with Crippen molar-refractivity contribution in [3.05, 3.63) is 42.1 Å². The highest BCUT2D eigenvalue weighted by atomic mass is 15.1. The maximum absolute atomic E-state index is 8.73. The van der Waals surface area contributed by atoms with Crippen LogP contribution < -0.4 is 0 Å². The number of aryl methyl sites for hydroxylation is 1. The van der Waals surface area contributed by atoms with Crippen molar-refractivity contribution >= 4 is 16.5 Å². The molecule has 0 saturated heterocycles. The molecule has 2 heterocycles. The maximum atomic E-state index is 8.73. The highest BCUT2D eigenvalue weighted by molar-refractivity contribution is 5.93. The third kappa shape index (κ3) is 2.16. The molecule has 0 unspecified atom stereocenters. The van der Waals surface area contributed by atoms with Gasteiger partial charge in [0.1, 0.15) is 0 Å². The van der Waals surface area contributed by atoms with Crippen molar-refractivity contribution in [1.29, 1.82) is 5.26 Å². The van der Waals surface area contributed by atoms with Crippen LogP contribution in [0.1, 0.15) is 12.0 Å². The highest BCUT2D eigenvalue weighted by Crippen LogP contribution is 2.30. The van der Waals surface area contributed by atoms with Crippen LogP contribution in [0, 0.1) is 11.3 Å². The van der Waals surface area contributed by atoms with Crippen molar-refractivity contribution in [1.82, 2.24) is 9.47 Å². The first-order chi connectivity index (χ1) is 9.29. The Bertz CT molecular complexity index is 673. The van der Waals surface area contributed by atoms with Gasteiger partial charge in [0.2, 0.25) is 0 Å². The van der Waals surface area contributed by atoms with Crippen molar-refractivity contribution in [2.75, 3.05) is 19.6 Å². The molecule has 0 fully saturated rings. The zero-order chi connectivity index (χ0) is 13.2. The molecule has 0 N–H and O–H groups in total. The number of nitrogens with zero attached hydrogens (tertiary/aromatic N) is 3. The van der Waals surface area contributed by atoms with Crippen molar-refractivity contribution < 1.29 is 0 Å². The molecule has 1 aromatic heterocycles. The molecular weight excluding hydrogens is 234 g/mol. The summed E-state index contributed by atoms with van der Waals surface area (Å²) >= 11 is 0. The van der Waals surface area contributed by atoms with Gasteiger partial charge in [-0.05, 0) is 18.1 Å². The van der Waals surface area contributed by atoms with Crippen molar-refractivity contribution in [3.8, 4) is 6.07 Å². The average molecular weight is 251 g/mol. The molecule has 1 aliphatic rings. The first kappa shape index (κ1) is 12.0. The Balaban J connectivity index is 1.96. The van der Waals surface area contributed by atoms with E-state index in [4.69, 9.17) is 5.26 Å². The molecule has 3 rings (SSSR count). The summed E-state index contributed by atoms with van der Waals surface area (Å²) in [5.41, 5.74) is 4.03. The van der Waals surface area contributed by atoms with Gasteiger partial charge in [-0.15, -0.1) is 0 Å². The predicted molar refractivity (Wildman–Crippen MR) is 77.6 cm³/mol. The molecule has 1 aliphatic heterocycles. The maximum Gasteiger partial charge on any atom is 0.0868 e. The normalized spacial score (nSPS) is 16.3. The zero-order valence-corrected chi connectivity index (χ0v) is 11.1. The van der Waals surface area contributed by atoms with E-state index >= 15 is 0 Å². The fourth-order valence-electron chi connectivity index (χ4n) is 2.80. The van der Waals surface area contributed by atoms with E-state index in [2.05, 4.69) is 59.1 Å². The van der Waals surface area contributed by atoms with Crippen LogP contribution in [0.5, 0.6) is 0 Å². The average Bonchev–Trinajstić information content (AvgIpc) is 2.78. The summed E-state index contributed by atoms with van der Waals surface area (Å²) < 4.78 is 2.19. The van der Waals surface area contributed by atoms with E-state index in [0.29, 0.717) is 6.54 Å². The van der Waals surface area contributed by atoms with Crippen molar-refractivity contribution in [3.63, 3.8) is 0 Å². The predicted octanol–water partition coefficient (Wildman–Crippen LogP) is 2.79. The van der Waals surface area contributed by atoms with E-state index in [1.54, 1.807) is 0 Å². The summed E-state index contributed by atoms with van der Waals surface area (Å²) in [6.07, 6.45) is 5.51. The van der Waals surface area contributed by atoms with Gasteiger partial charge in [0.15, 0.2) is 0 Å². The molecule has 0 spiro atoms. The Morgan fingerprint density at radius 2 is 2.16 bits per heavy atom. The molecule has 0 atom stereocenters. The number of hydrogen-bond donors (Lipinski definition) is 0. The van der Waals surface area contributed by atoms with Crippen LogP contribution in [0.4, 0.5) is 0 Å². The van der Waals surface area contributed by atoms with Gasteiger partial charge in [-0.1, -0.05) is 24.3 Å². The first-order valence-corrected chi connectivity index (χ1v) is 6.62. The van der Waals surface area contributed by atoms with Crippen molar-refractivity contribution in [2.45, 2.75) is 6.42 Å². The van der Waals surface area contributed by atoms with Gasteiger partial charge in [-0.25, -0.2) is 0 Å². The molecule has 0 bridgehead atoms. The molecular formula is C16H17N3. The summed E-state index contributed by atoms with van der Waals surface area (Å²) in [4.78, 5) is 2.18. The lowest BCUT2D eigenvalue weighted by molar-refractivity contribution is 0.338. The lowest BCUT2D eigenvalue weighted by Crippen LogP contribution is -2.28. The second-order valence-corrected chi connectivity index (χ2v) is 5.04. The lowest BCUT2D eigenvalue weighted by atomic mass is 9.99. The third-order valence-electron chi connectivity index (χ3n) is 3.83. The summed E-state index contributed by atoms with van der Waals surface area (Å²) in [5.74, 6) is 0. The van der Waals surface area contributed by atoms with Crippen LogP contribution in [0.2, 0.25) is 0 Å². The fraction of sp³-hybridized carbons (Fsp3) is 0.312. The van der Waals surface area contributed by atoms with Gasteiger partial charge in [0.25, 0.3) is 0 Å². The molecule has 19 heavy (non-hydrogen) atoms. The third-order valence-corrected chi connectivity index (χ3v) is 3.83. The Labute approximate surface area is 113 Å². The van der Waals surface area contributed by atoms with Gasteiger partial charge in [0, 0.05) is 42.8 Å². The Hall–Kier alpha value is -2.05. The zero-order valence-electron chi connectivity index (χ0n) is 11.1. The number of benzene rings is 1. The SMILES string of the molecule is Cn1cc(C2=CCN(CC#N)CC2)c2ccccc21. The standard InChI is InChI=1S/C16H17N3/c1-18-12-15(14-4-2-3-5-16(14)18)13-6-9-19(10-7-13)11-8-17/h2-6,12H,7,9-11H2,1H3. The van der Waals surface area contributed by atoms with Crippen LogP contribution in [0.15, 0.2) is 36.5 Å². The summed E-state index contributed by atoms with van der Waals surface area (Å²) in [7, 11) is 2.09. The van der Waals surface area contributed by atoms with Crippen molar-refractivity contribution in [2.24, 2.45) is 7.05 Å². The number of rotatable bonds is 2. The van der Waals surface area contributed by atoms with Gasteiger partial charge in [-0.2, -0.15) is 5.26 Å². The molecule has 0 aliphatic carbocycles. The Morgan fingerprint density at radius 1 is 1.32 bits per heavy atom. The van der Waals surface area contributed by atoms with Crippen LogP contribution in [-0.4, -0.2) is 29.1 Å². The Morgan fingerprint density at radius 3 is 2.89 bits per heavy atom. The number of nitriles is 1. The van der Waals surface area contributed by atoms with Gasteiger partial charge in [0.05, 0.1) is 12.6 Å². The van der Waals surface area contributed by atoms with E-state index < -0.39 is 0 Å². The molecule has 0 saturated carbocycles. The molecule has 2 aromatic rings. The molecule has 0 radical (unpaired) electrons. The summed E-state index contributed by atoms with van der Waals surface area (Å²) in [5, 5.41) is 10.1. The molecule has 3 heteroatoms. The highest BCUT2D eigenvalue weighted by Gasteiger charge is 2.15. The minimum atomic E-state index is 0.527. The van der Waals surface area contributed by atoms with Crippen LogP contribution in [-0.2, 0) is 7.05 Å². The molecule has 3 nitrogen and oxygen atoms in total. The van der Waals surface area contributed by atoms with Crippen LogP contribution >= 0.6 is 0 Å². The second kappa shape index (κ2) is 4.91. The van der Waals surface area contributed by atoms with Gasteiger partial charge >= 0.3 is 0 Å². The van der Waals surface area contributed by atoms with Gasteiger partial charge < -0.3 is 4.57 Å². The number of para-hydroxylation sites is 1. The Kier molecular flexibility index (Phi) is 3.10. The minimum Gasteiger partial charge on any atom is -0.350 e. The van der Waals surface area contributed by atoms with Gasteiger partial charge in [-0.3, -0.25) is 4.90 Å². The number of hydrogen-bond acceptors (Lipinski definition) is 2. The summed E-state index contributed by atoms with van der Waals surface area (Å²) in [6.45, 7) is 2.38. The monoisotopic (exact) mass is 251 g/mol. The number of fused-ring (bicyclic) bond motifs is 1. The molecule has 96 valence electrons. The van der Waals surface area contributed by atoms with Crippen LogP contribution in [0.3, 0.4) is 0 Å². The van der Waals surface area contributed by atoms with E-state index in [-0.39, 0.29) is 0 Å². The largest absolute Gasteiger partial charge is 0.350 e.